The van der Waals surface area contributed by atoms with E-state index in [0.717, 1.165) is 30.3 Å². The van der Waals surface area contributed by atoms with Crippen LogP contribution in [0.4, 0.5) is 11.4 Å². The van der Waals surface area contributed by atoms with Crippen LogP contribution in [0.1, 0.15) is 10.6 Å². The molecule has 1 aliphatic rings. The van der Waals surface area contributed by atoms with Crippen molar-refractivity contribution in [3.05, 3.63) is 48.9 Å². The van der Waals surface area contributed by atoms with Gasteiger partial charge in [-0.2, -0.15) is 16.9 Å². The number of hydrogen-bond acceptors (Lipinski definition) is 7. The van der Waals surface area contributed by atoms with E-state index in [1.54, 1.807) is 36.9 Å². The van der Waals surface area contributed by atoms with E-state index in [9.17, 15) is 4.79 Å². The topological polar surface area (TPSA) is 89.1 Å². The van der Waals surface area contributed by atoms with Gasteiger partial charge in [-0.1, -0.05) is 0 Å². The van der Waals surface area contributed by atoms with Gasteiger partial charge in [0.15, 0.2) is 5.76 Å². The molecule has 0 spiro atoms. The fourth-order valence-electron chi connectivity index (χ4n) is 2.51. The molecule has 1 aliphatic heterocycles. The smallest absolute Gasteiger partial charge is 0.291 e. The van der Waals surface area contributed by atoms with Crippen molar-refractivity contribution in [3.8, 4) is 5.95 Å². The molecule has 0 unspecified atom stereocenters. The van der Waals surface area contributed by atoms with Gasteiger partial charge in [0.2, 0.25) is 0 Å². The third-order valence-corrected chi connectivity index (χ3v) is 4.73. The molecule has 0 bridgehead atoms. The van der Waals surface area contributed by atoms with Crippen LogP contribution >= 0.6 is 11.8 Å². The predicted molar refractivity (Wildman–Crippen MR) is 95.4 cm³/mol. The lowest BCUT2D eigenvalue weighted by Crippen LogP contribution is -2.32. The highest BCUT2D eigenvalue weighted by atomic mass is 32.2. The molecule has 1 fully saturated rings. The molecule has 0 aromatic carbocycles. The fraction of sp³-hybridized carbons (Fsp3) is 0.250. The van der Waals surface area contributed by atoms with E-state index in [2.05, 4.69) is 25.3 Å². The maximum absolute atomic E-state index is 12.0. The first kappa shape index (κ1) is 15.7. The van der Waals surface area contributed by atoms with Crippen molar-refractivity contribution in [2.45, 2.75) is 0 Å². The molecule has 0 atom stereocenters. The molecule has 25 heavy (non-hydrogen) atoms. The first-order chi connectivity index (χ1) is 12.3. The monoisotopic (exact) mass is 356 g/mol. The summed E-state index contributed by atoms with van der Waals surface area (Å²) in [4.78, 5) is 23.0. The number of anilines is 2. The van der Waals surface area contributed by atoms with Gasteiger partial charge in [0.1, 0.15) is 0 Å². The third kappa shape index (κ3) is 3.50. The predicted octanol–water partition coefficient (Wildman–Crippen LogP) is 2.06. The molecular weight excluding hydrogens is 340 g/mol. The summed E-state index contributed by atoms with van der Waals surface area (Å²) in [7, 11) is 0. The van der Waals surface area contributed by atoms with Crippen molar-refractivity contribution in [2.24, 2.45) is 0 Å². The Morgan fingerprint density at radius 3 is 2.72 bits per heavy atom. The Hall–Kier alpha value is -2.81. The number of nitrogens with one attached hydrogen (secondary N) is 1. The first-order valence-electron chi connectivity index (χ1n) is 7.84. The van der Waals surface area contributed by atoms with Gasteiger partial charge in [-0.15, -0.1) is 0 Å². The van der Waals surface area contributed by atoms with E-state index in [-0.39, 0.29) is 11.7 Å². The number of carbonyl (C=O) groups excluding carboxylic acids is 1. The molecule has 1 N–H and O–H groups in total. The number of thioether (sulfide) groups is 1. The minimum Gasteiger partial charge on any atom is -0.459 e. The Labute approximate surface area is 148 Å². The lowest BCUT2D eigenvalue weighted by Gasteiger charge is -2.27. The highest BCUT2D eigenvalue weighted by Crippen LogP contribution is 2.18. The van der Waals surface area contributed by atoms with Gasteiger partial charge in [-0.3, -0.25) is 4.79 Å². The minimum absolute atomic E-state index is 0.244. The van der Waals surface area contributed by atoms with Crippen LogP contribution in [0, 0.1) is 0 Å². The zero-order valence-electron chi connectivity index (χ0n) is 13.3. The van der Waals surface area contributed by atoms with Gasteiger partial charge in [-0.25, -0.2) is 14.6 Å². The van der Waals surface area contributed by atoms with Crippen LogP contribution in [0.5, 0.6) is 0 Å². The number of carbonyl (C=O) groups is 1. The van der Waals surface area contributed by atoms with Gasteiger partial charge < -0.3 is 14.6 Å². The Morgan fingerprint density at radius 2 is 2.00 bits per heavy atom. The number of rotatable bonds is 4. The first-order valence-corrected chi connectivity index (χ1v) is 9.00. The summed E-state index contributed by atoms with van der Waals surface area (Å²) in [6.45, 7) is 2.02. The zero-order valence-corrected chi connectivity index (χ0v) is 14.1. The molecular formula is C16H16N6O2S. The molecule has 0 aliphatic carbocycles. The Morgan fingerprint density at radius 1 is 1.20 bits per heavy atom. The number of hydrogen-bond donors (Lipinski definition) is 1. The van der Waals surface area contributed by atoms with Crippen LogP contribution in [0.15, 0.2) is 47.6 Å². The van der Waals surface area contributed by atoms with Crippen LogP contribution in [0.2, 0.25) is 0 Å². The molecule has 0 radical (unpaired) electrons. The number of furan rings is 1. The van der Waals surface area contributed by atoms with Crippen molar-refractivity contribution in [3.63, 3.8) is 0 Å². The van der Waals surface area contributed by atoms with Crippen LogP contribution in [-0.2, 0) is 0 Å². The van der Waals surface area contributed by atoms with E-state index < -0.39 is 0 Å². The highest BCUT2D eigenvalue weighted by Gasteiger charge is 2.13. The summed E-state index contributed by atoms with van der Waals surface area (Å²) < 4.78 is 6.58. The summed E-state index contributed by atoms with van der Waals surface area (Å²) >= 11 is 1.96. The van der Waals surface area contributed by atoms with Crippen molar-refractivity contribution >= 4 is 29.0 Å². The summed E-state index contributed by atoms with van der Waals surface area (Å²) in [5.74, 6) is 2.62. The highest BCUT2D eigenvalue weighted by molar-refractivity contribution is 7.99. The molecule has 3 aromatic rings. The minimum atomic E-state index is -0.330. The van der Waals surface area contributed by atoms with Gasteiger partial charge in [0, 0.05) is 24.6 Å². The SMILES string of the molecule is O=C(Nc1cnn(-c2ncc(N3CCSCC3)cn2)c1)c1ccco1. The van der Waals surface area contributed by atoms with Crippen molar-refractivity contribution in [2.75, 3.05) is 34.8 Å². The van der Waals surface area contributed by atoms with Crippen molar-refractivity contribution < 1.29 is 9.21 Å². The summed E-state index contributed by atoms with van der Waals surface area (Å²) in [6, 6.07) is 3.26. The second-order valence-electron chi connectivity index (χ2n) is 5.45. The van der Waals surface area contributed by atoms with Gasteiger partial charge in [0.05, 0.1) is 42.4 Å². The van der Waals surface area contributed by atoms with Crippen molar-refractivity contribution in [1.29, 1.82) is 0 Å². The second kappa shape index (κ2) is 6.98. The fourth-order valence-corrected chi connectivity index (χ4v) is 3.42. The summed E-state index contributed by atoms with van der Waals surface area (Å²) in [5.41, 5.74) is 1.56. The molecule has 1 amide bonds. The average Bonchev–Trinajstić information content (AvgIpc) is 3.35. The molecule has 8 nitrogen and oxygen atoms in total. The largest absolute Gasteiger partial charge is 0.459 e. The Kier molecular flexibility index (Phi) is 4.38. The van der Waals surface area contributed by atoms with Crippen molar-refractivity contribution in [1.82, 2.24) is 19.7 Å². The second-order valence-corrected chi connectivity index (χ2v) is 6.67. The number of nitrogens with zero attached hydrogens (tertiary/aromatic N) is 5. The molecule has 0 saturated carbocycles. The van der Waals surface area contributed by atoms with E-state index in [4.69, 9.17) is 4.42 Å². The number of aromatic nitrogens is 4. The quantitative estimate of drug-likeness (QED) is 0.765. The lowest BCUT2D eigenvalue weighted by atomic mass is 10.4. The molecule has 3 aromatic heterocycles. The third-order valence-electron chi connectivity index (χ3n) is 3.79. The normalized spacial score (nSPS) is 14.5. The zero-order chi connectivity index (χ0) is 17.1. The van der Waals surface area contributed by atoms with E-state index >= 15 is 0 Å². The maximum Gasteiger partial charge on any atom is 0.291 e. The molecule has 4 rings (SSSR count). The molecule has 128 valence electrons. The van der Waals surface area contributed by atoms with Crippen LogP contribution in [0.3, 0.4) is 0 Å². The Balaban J connectivity index is 1.45. The van der Waals surface area contributed by atoms with E-state index in [1.807, 2.05) is 11.8 Å². The van der Waals surface area contributed by atoms with E-state index in [0.29, 0.717) is 11.6 Å². The van der Waals surface area contributed by atoms with E-state index in [1.165, 1.54) is 10.9 Å². The van der Waals surface area contributed by atoms with Gasteiger partial charge in [0.25, 0.3) is 11.9 Å². The lowest BCUT2D eigenvalue weighted by molar-refractivity contribution is 0.0996. The van der Waals surface area contributed by atoms with Crippen LogP contribution in [0.25, 0.3) is 5.95 Å². The molecule has 1 saturated heterocycles. The summed E-state index contributed by atoms with van der Waals surface area (Å²) in [5, 5.41) is 6.91. The van der Waals surface area contributed by atoms with Crippen LogP contribution in [-0.4, -0.2) is 50.3 Å². The summed E-state index contributed by atoms with van der Waals surface area (Å²) in [6.07, 6.45) is 8.27. The van der Waals surface area contributed by atoms with Gasteiger partial charge in [-0.05, 0) is 12.1 Å². The van der Waals surface area contributed by atoms with Gasteiger partial charge >= 0.3 is 0 Å². The van der Waals surface area contributed by atoms with Crippen LogP contribution < -0.4 is 10.2 Å². The standard InChI is InChI=1S/C16H16N6O2S/c23-15(14-2-1-5-24-14)20-12-8-19-22(11-12)16-17-9-13(10-18-16)21-3-6-25-7-4-21/h1-2,5,8-11H,3-4,6-7H2,(H,20,23). The number of amides is 1. The average molecular weight is 356 g/mol. The molecule has 9 heteroatoms. The maximum atomic E-state index is 12.0. The Bertz CT molecular complexity index is 840. The molecule has 4 heterocycles.